The molecule has 3 aromatic heterocycles. The van der Waals surface area contributed by atoms with Gasteiger partial charge in [0.05, 0.1) is 28.3 Å². The summed E-state index contributed by atoms with van der Waals surface area (Å²) in [5.74, 6) is 0.628. The van der Waals surface area contributed by atoms with Gasteiger partial charge in [-0.3, -0.25) is 14.3 Å². The number of aromatic nitrogens is 5. The van der Waals surface area contributed by atoms with Crippen LogP contribution in [0.4, 0.5) is 11.6 Å². The number of aryl methyl sites for hydroxylation is 1. The Hall–Kier alpha value is -4.57. The van der Waals surface area contributed by atoms with Crippen molar-refractivity contribution in [2.24, 2.45) is 14.1 Å². The van der Waals surface area contributed by atoms with Crippen molar-refractivity contribution in [2.45, 2.75) is 25.8 Å². The maximum absolute atomic E-state index is 13.3. The fourth-order valence-electron chi connectivity index (χ4n) is 5.63. The Morgan fingerprint density at radius 3 is 2.59 bits per heavy atom. The Bertz CT molecular complexity index is 1850. The molecule has 1 fully saturated rings. The predicted octanol–water partition coefficient (Wildman–Crippen LogP) is 4.07. The summed E-state index contributed by atoms with van der Waals surface area (Å²) in [7, 11) is 3.76. The maximum Gasteiger partial charge on any atom is 0.284 e. The normalized spacial score (nSPS) is 14.1. The largest absolute Gasteiger partial charge is 0.381 e. The molecule has 2 aromatic carbocycles. The van der Waals surface area contributed by atoms with E-state index in [9.17, 15) is 9.59 Å². The summed E-state index contributed by atoms with van der Waals surface area (Å²) in [6, 6.07) is 15.2. The molecular formula is C30H31ClN8O2. The summed E-state index contributed by atoms with van der Waals surface area (Å²) in [5.41, 5.74) is 9.97. The zero-order chi connectivity index (χ0) is 28.8. The summed E-state index contributed by atoms with van der Waals surface area (Å²) in [6.45, 7) is 3.04. The van der Waals surface area contributed by atoms with Crippen molar-refractivity contribution in [3.05, 3.63) is 87.6 Å². The molecule has 10 nitrogen and oxygen atoms in total. The minimum Gasteiger partial charge on any atom is -0.381 e. The number of nitrogens with one attached hydrogen (secondary N) is 1. The molecule has 0 unspecified atom stereocenters. The highest BCUT2D eigenvalue weighted by Gasteiger charge is 2.28. The highest BCUT2D eigenvalue weighted by atomic mass is 35.5. The van der Waals surface area contributed by atoms with Crippen LogP contribution >= 0.6 is 11.6 Å². The number of amides is 1. The van der Waals surface area contributed by atoms with Crippen molar-refractivity contribution in [1.29, 1.82) is 0 Å². The number of fused-ring (bicyclic) bond motifs is 1. The molecule has 0 bridgehead atoms. The molecule has 11 heteroatoms. The van der Waals surface area contributed by atoms with Crippen molar-refractivity contribution in [1.82, 2.24) is 29.2 Å². The molecule has 5 aromatic rings. The lowest BCUT2D eigenvalue weighted by atomic mass is 10.0. The quantitative estimate of drug-likeness (QED) is 0.329. The number of nitrogen functional groups attached to an aromatic ring is 1. The number of piperidine rings is 1. The van der Waals surface area contributed by atoms with Crippen LogP contribution in [0.25, 0.3) is 27.8 Å². The van der Waals surface area contributed by atoms with E-state index in [1.165, 1.54) is 4.68 Å². The molecule has 4 heterocycles. The van der Waals surface area contributed by atoms with E-state index in [4.69, 9.17) is 22.3 Å². The molecule has 6 rings (SSSR count). The van der Waals surface area contributed by atoms with Crippen molar-refractivity contribution in [3.63, 3.8) is 0 Å². The number of anilines is 2. The molecule has 3 N–H and O–H groups in total. The first-order valence-corrected chi connectivity index (χ1v) is 13.9. The van der Waals surface area contributed by atoms with Gasteiger partial charge in [-0.1, -0.05) is 35.9 Å². The van der Waals surface area contributed by atoms with Crippen molar-refractivity contribution in [2.75, 3.05) is 23.7 Å². The second-order valence-electron chi connectivity index (χ2n) is 10.4. The third-order valence-electron chi connectivity index (χ3n) is 7.98. The minimum atomic E-state index is -0.402. The van der Waals surface area contributed by atoms with E-state index in [-0.39, 0.29) is 17.5 Å². The van der Waals surface area contributed by atoms with Gasteiger partial charge in [0.25, 0.3) is 11.5 Å². The summed E-state index contributed by atoms with van der Waals surface area (Å²) >= 11 is 6.35. The molecular weight excluding hydrogens is 540 g/mol. The average molecular weight is 571 g/mol. The lowest BCUT2D eigenvalue weighted by molar-refractivity contribution is 0.0929. The number of nitrogens with zero attached hydrogens (tertiary/aromatic N) is 6. The van der Waals surface area contributed by atoms with Gasteiger partial charge in [-0.15, -0.1) is 0 Å². The summed E-state index contributed by atoms with van der Waals surface area (Å²) in [4.78, 5) is 38.1. The van der Waals surface area contributed by atoms with Gasteiger partial charge in [-0.05, 0) is 44.0 Å². The smallest absolute Gasteiger partial charge is 0.284 e. The van der Waals surface area contributed by atoms with E-state index in [1.54, 1.807) is 49.1 Å². The topological polar surface area (TPSA) is 116 Å². The first kappa shape index (κ1) is 26.6. The number of carbonyl (C=O) groups is 1. The van der Waals surface area contributed by atoms with Gasteiger partial charge < -0.3 is 20.5 Å². The van der Waals surface area contributed by atoms with Crippen LogP contribution in [-0.2, 0) is 14.1 Å². The van der Waals surface area contributed by atoms with Gasteiger partial charge in [0.1, 0.15) is 5.56 Å². The van der Waals surface area contributed by atoms with E-state index in [2.05, 4.69) is 31.9 Å². The first-order valence-electron chi connectivity index (χ1n) is 13.5. The molecule has 0 spiro atoms. The Labute approximate surface area is 242 Å². The average Bonchev–Trinajstić information content (AvgIpc) is 3.45. The molecule has 0 radical (unpaired) electrons. The second-order valence-corrected chi connectivity index (χ2v) is 10.8. The van der Waals surface area contributed by atoms with Crippen molar-refractivity contribution < 1.29 is 4.79 Å². The summed E-state index contributed by atoms with van der Waals surface area (Å²) < 4.78 is 5.16. The number of para-hydroxylation sites is 1. The van der Waals surface area contributed by atoms with Gasteiger partial charge in [-0.2, -0.15) is 0 Å². The fourth-order valence-corrected chi connectivity index (χ4v) is 5.85. The molecule has 1 amide bonds. The lowest BCUT2D eigenvalue weighted by Gasteiger charge is -2.33. The number of rotatable bonds is 5. The lowest BCUT2D eigenvalue weighted by Crippen LogP contribution is -2.46. The Morgan fingerprint density at radius 2 is 1.83 bits per heavy atom. The molecule has 0 saturated carbocycles. The first-order chi connectivity index (χ1) is 19.7. The van der Waals surface area contributed by atoms with Gasteiger partial charge >= 0.3 is 0 Å². The number of carbonyl (C=O) groups excluding carboxylic acids is 1. The maximum atomic E-state index is 13.3. The van der Waals surface area contributed by atoms with Crippen LogP contribution in [0.5, 0.6) is 0 Å². The van der Waals surface area contributed by atoms with Gasteiger partial charge in [-0.25, -0.2) is 14.6 Å². The number of nitrogens with two attached hydrogens (primary N) is 1. The molecule has 41 heavy (non-hydrogen) atoms. The Balaban J connectivity index is 1.18. The van der Waals surface area contributed by atoms with E-state index < -0.39 is 5.56 Å². The van der Waals surface area contributed by atoms with Crippen LogP contribution in [0.1, 0.15) is 28.9 Å². The number of halogens is 1. The van der Waals surface area contributed by atoms with Gasteiger partial charge in [0.2, 0.25) is 0 Å². The standard InChI is InChI=1S/C30H31ClN8O2/c1-18-26(30(41)39(37(18)3)25-9-5-4-8-22(25)31)29(40)34-19-11-15-38(16-12-19)28-27(32)33-17-23(35-28)20-7-6-10-24-21(20)13-14-36(24)2/h4-10,13-14,17,19H,11-12,15-16H2,1-3H3,(H2,32,33)(H,34,40). The second kappa shape index (κ2) is 10.4. The highest BCUT2D eigenvalue weighted by Crippen LogP contribution is 2.31. The molecule has 0 atom stereocenters. The van der Waals surface area contributed by atoms with Crippen molar-refractivity contribution >= 4 is 40.0 Å². The van der Waals surface area contributed by atoms with Crippen LogP contribution in [0, 0.1) is 6.92 Å². The minimum absolute atomic E-state index is 0.0954. The third kappa shape index (κ3) is 4.63. The predicted molar refractivity (Wildman–Crippen MR) is 162 cm³/mol. The number of hydrogen-bond acceptors (Lipinski definition) is 6. The van der Waals surface area contributed by atoms with Crippen molar-refractivity contribution in [3.8, 4) is 16.9 Å². The SMILES string of the molecule is Cc1c(C(=O)NC2CCN(c3nc(-c4cccc5c4ccn5C)cnc3N)CC2)c(=O)n(-c2ccccc2Cl)n1C. The van der Waals surface area contributed by atoms with Crippen LogP contribution in [0.15, 0.2) is 65.7 Å². The third-order valence-corrected chi connectivity index (χ3v) is 8.30. The van der Waals surface area contributed by atoms with Crippen LogP contribution < -0.4 is 21.5 Å². The number of benzene rings is 2. The van der Waals surface area contributed by atoms with Crippen LogP contribution in [0.2, 0.25) is 5.02 Å². The molecule has 0 aliphatic carbocycles. The van der Waals surface area contributed by atoms with E-state index in [1.807, 2.05) is 25.4 Å². The highest BCUT2D eigenvalue weighted by molar-refractivity contribution is 6.32. The monoisotopic (exact) mass is 570 g/mol. The fraction of sp³-hybridized carbons (Fsp3) is 0.267. The zero-order valence-electron chi connectivity index (χ0n) is 23.1. The summed E-state index contributed by atoms with van der Waals surface area (Å²) in [6.07, 6.45) is 5.10. The van der Waals surface area contributed by atoms with Crippen LogP contribution in [-0.4, -0.2) is 48.9 Å². The summed E-state index contributed by atoms with van der Waals surface area (Å²) in [5, 5.41) is 4.61. The van der Waals surface area contributed by atoms with Crippen LogP contribution in [0.3, 0.4) is 0 Å². The number of hydrogen-bond donors (Lipinski definition) is 2. The molecule has 1 saturated heterocycles. The van der Waals surface area contributed by atoms with E-state index in [0.717, 1.165) is 22.2 Å². The zero-order valence-corrected chi connectivity index (χ0v) is 23.9. The van der Waals surface area contributed by atoms with Gasteiger partial charge in [0.15, 0.2) is 11.6 Å². The Kier molecular flexibility index (Phi) is 6.78. The molecule has 1 aliphatic rings. The van der Waals surface area contributed by atoms with Gasteiger partial charge in [0, 0.05) is 55.9 Å². The molecule has 210 valence electrons. The van der Waals surface area contributed by atoms with E-state index >= 15 is 0 Å². The molecule has 1 aliphatic heterocycles. The Morgan fingerprint density at radius 1 is 1.07 bits per heavy atom. The van der Waals surface area contributed by atoms with E-state index in [0.29, 0.717) is 54.0 Å².